The molecular formula is C19H33N3O. The van der Waals surface area contributed by atoms with Crippen LogP contribution in [0.3, 0.4) is 0 Å². The summed E-state index contributed by atoms with van der Waals surface area (Å²) in [4.78, 5) is 7.12. The molecule has 1 aliphatic heterocycles. The van der Waals surface area contributed by atoms with E-state index in [0.29, 0.717) is 18.4 Å². The molecule has 1 aromatic carbocycles. The summed E-state index contributed by atoms with van der Waals surface area (Å²) in [6.45, 7) is 8.76. The molecule has 0 aromatic heterocycles. The van der Waals surface area contributed by atoms with Crippen LogP contribution in [0.4, 0.5) is 0 Å². The number of benzene rings is 1. The molecule has 4 nitrogen and oxygen atoms in total. The van der Waals surface area contributed by atoms with Gasteiger partial charge >= 0.3 is 0 Å². The van der Waals surface area contributed by atoms with Crippen LogP contribution in [0.25, 0.3) is 0 Å². The zero-order valence-electron chi connectivity index (χ0n) is 15.2. The van der Waals surface area contributed by atoms with Crippen LogP contribution in [0.2, 0.25) is 0 Å². The fourth-order valence-electron chi connectivity index (χ4n) is 3.39. The number of rotatable bonds is 8. The van der Waals surface area contributed by atoms with Crippen LogP contribution in [0.5, 0.6) is 0 Å². The molecule has 2 rings (SSSR count). The van der Waals surface area contributed by atoms with E-state index in [1.54, 1.807) is 0 Å². The maximum Gasteiger partial charge on any atom is 0.0475 e. The molecule has 1 aromatic rings. The maximum atomic E-state index is 9.73. The number of aliphatic hydroxyl groups excluding tert-OH is 1. The number of nitrogens with zero attached hydrogens (tertiary/aromatic N) is 3. The quantitative estimate of drug-likeness (QED) is 0.787. The van der Waals surface area contributed by atoms with E-state index in [4.69, 9.17) is 0 Å². The van der Waals surface area contributed by atoms with Gasteiger partial charge in [0.15, 0.2) is 0 Å². The van der Waals surface area contributed by atoms with Crippen molar-refractivity contribution in [1.82, 2.24) is 14.7 Å². The van der Waals surface area contributed by atoms with Gasteiger partial charge in [-0.05, 0) is 45.5 Å². The lowest BCUT2D eigenvalue weighted by molar-refractivity contribution is 0.171. The van der Waals surface area contributed by atoms with Gasteiger partial charge in [-0.3, -0.25) is 4.90 Å². The molecule has 130 valence electrons. The second kappa shape index (κ2) is 8.78. The largest absolute Gasteiger partial charge is 0.396 e. The molecule has 1 aliphatic rings. The van der Waals surface area contributed by atoms with Gasteiger partial charge in [0.2, 0.25) is 0 Å². The van der Waals surface area contributed by atoms with Gasteiger partial charge < -0.3 is 14.9 Å². The number of likely N-dealkylation sites (tertiary alicyclic amines) is 1. The van der Waals surface area contributed by atoms with Crippen LogP contribution in [-0.2, 0) is 6.54 Å². The highest BCUT2D eigenvalue weighted by atomic mass is 16.3. The molecule has 0 aliphatic carbocycles. The van der Waals surface area contributed by atoms with E-state index in [0.717, 1.165) is 39.3 Å². The first-order valence-electron chi connectivity index (χ1n) is 8.70. The van der Waals surface area contributed by atoms with E-state index in [1.165, 1.54) is 11.1 Å². The summed E-state index contributed by atoms with van der Waals surface area (Å²) < 4.78 is 0. The Hall–Kier alpha value is -0.940. The van der Waals surface area contributed by atoms with Crippen molar-refractivity contribution in [3.05, 3.63) is 35.4 Å². The number of hydrogen-bond donors (Lipinski definition) is 1. The Balaban J connectivity index is 1.85. The highest BCUT2D eigenvalue weighted by Crippen LogP contribution is 2.25. The fourth-order valence-corrected chi connectivity index (χ4v) is 3.39. The van der Waals surface area contributed by atoms with E-state index in [9.17, 15) is 5.11 Å². The van der Waals surface area contributed by atoms with Gasteiger partial charge in [-0.15, -0.1) is 0 Å². The first-order chi connectivity index (χ1) is 11.0. The molecule has 1 fully saturated rings. The minimum atomic E-state index is 0.302. The third kappa shape index (κ3) is 5.88. The number of aryl methyl sites for hydroxylation is 1. The Labute approximate surface area is 141 Å². The van der Waals surface area contributed by atoms with E-state index in [1.807, 2.05) is 0 Å². The number of aliphatic hydroxyl groups is 1. The zero-order valence-corrected chi connectivity index (χ0v) is 15.2. The molecule has 4 heteroatoms. The SMILES string of the molecule is Cc1ccc(CN2C[C@@H](CN(C)CCN(C)C)[C@@H](CO)C2)cc1. The van der Waals surface area contributed by atoms with Crippen LogP contribution in [-0.4, -0.2) is 80.3 Å². The van der Waals surface area contributed by atoms with Crippen molar-refractivity contribution in [2.75, 3.05) is 60.5 Å². The Morgan fingerprint density at radius 2 is 1.70 bits per heavy atom. The first-order valence-corrected chi connectivity index (χ1v) is 8.70. The zero-order chi connectivity index (χ0) is 16.8. The number of hydrogen-bond acceptors (Lipinski definition) is 4. The van der Waals surface area contributed by atoms with E-state index in [-0.39, 0.29) is 0 Å². The number of likely N-dealkylation sites (N-methyl/N-ethyl adjacent to an activating group) is 2. The Bertz CT molecular complexity index is 460. The lowest BCUT2D eigenvalue weighted by Gasteiger charge is -2.25. The second-order valence-corrected chi connectivity index (χ2v) is 7.45. The van der Waals surface area contributed by atoms with E-state index >= 15 is 0 Å². The third-order valence-corrected chi connectivity index (χ3v) is 4.89. The molecule has 1 saturated heterocycles. The summed E-state index contributed by atoms with van der Waals surface area (Å²) in [7, 11) is 6.42. The lowest BCUT2D eigenvalue weighted by Crippen LogP contribution is -2.35. The molecule has 2 atom stereocenters. The van der Waals surface area contributed by atoms with Crippen LogP contribution < -0.4 is 0 Å². The molecule has 23 heavy (non-hydrogen) atoms. The minimum Gasteiger partial charge on any atom is -0.396 e. The molecule has 1 N–H and O–H groups in total. The highest BCUT2D eigenvalue weighted by Gasteiger charge is 2.32. The van der Waals surface area contributed by atoms with Crippen molar-refractivity contribution in [3.8, 4) is 0 Å². The Morgan fingerprint density at radius 1 is 1.04 bits per heavy atom. The third-order valence-electron chi connectivity index (χ3n) is 4.89. The van der Waals surface area contributed by atoms with Crippen molar-refractivity contribution >= 4 is 0 Å². The summed E-state index contributed by atoms with van der Waals surface area (Å²) in [6, 6.07) is 8.81. The van der Waals surface area contributed by atoms with E-state index < -0.39 is 0 Å². The lowest BCUT2D eigenvalue weighted by atomic mass is 9.96. The molecule has 0 radical (unpaired) electrons. The minimum absolute atomic E-state index is 0.302. The molecule has 1 heterocycles. The summed E-state index contributed by atoms with van der Waals surface area (Å²) in [6.07, 6.45) is 0. The Morgan fingerprint density at radius 3 is 2.30 bits per heavy atom. The standard InChI is InChI=1S/C19H33N3O/c1-16-5-7-17(8-6-16)11-22-13-18(19(14-22)15-23)12-21(4)10-9-20(2)3/h5-8,18-19,23H,9-15H2,1-4H3/t18-,19-/m1/s1. The van der Waals surface area contributed by atoms with Gasteiger partial charge in [-0.25, -0.2) is 0 Å². The van der Waals surface area contributed by atoms with Gasteiger partial charge in [0.25, 0.3) is 0 Å². The van der Waals surface area contributed by atoms with Crippen molar-refractivity contribution < 1.29 is 5.11 Å². The summed E-state index contributed by atoms with van der Waals surface area (Å²) in [5.74, 6) is 0.972. The normalized spacial score (nSPS) is 22.4. The van der Waals surface area contributed by atoms with Crippen molar-refractivity contribution in [3.63, 3.8) is 0 Å². The molecule has 0 bridgehead atoms. The summed E-state index contributed by atoms with van der Waals surface area (Å²) >= 11 is 0. The predicted octanol–water partition coefficient (Wildman–Crippen LogP) is 1.53. The average molecular weight is 319 g/mol. The van der Waals surface area contributed by atoms with Gasteiger partial charge in [0.05, 0.1) is 0 Å². The first kappa shape index (κ1) is 18.4. The van der Waals surface area contributed by atoms with Gasteiger partial charge in [0, 0.05) is 45.9 Å². The summed E-state index contributed by atoms with van der Waals surface area (Å²) in [5, 5.41) is 9.73. The molecule has 0 spiro atoms. The smallest absolute Gasteiger partial charge is 0.0475 e. The van der Waals surface area contributed by atoms with Crippen LogP contribution >= 0.6 is 0 Å². The summed E-state index contributed by atoms with van der Waals surface area (Å²) in [5.41, 5.74) is 2.68. The molecule has 0 saturated carbocycles. The maximum absolute atomic E-state index is 9.73. The monoisotopic (exact) mass is 319 g/mol. The van der Waals surface area contributed by atoms with E-state index in [2.05, 4.69) is 67.0 Å². The molecule has 0 amide bonds. The average Bonchev–Trinajstić information content (AvgIpc) is 2.89. The van der Waals surface area contributed by atoms with Crippen LogP contribution in [0.15, 0.2) is 24.3 Å². The van der Waals surface area contributed by atoms with Gasteiger partial charge in [-0.1, -0.05) is 29.8 Å². The highest BCUT2D eigenvalue weighted by molar-refractivity contribution is 5.21. The topological polar surface area (TPSA) is 30.0 Å². The fraction of sp³-hybridized carbons (Fsp3) is 0.684. The predicted molar refractivity (Wildman–Crippen MR) is 96.6 cm³/mol. The van der Waals surface area contributed by atoms with Crippen molar-refractivity contribution in [2.45, 2.75) is 13.5 Å². The Kier molecular flexibility index (Phi) is 7.03. The van der Waals surface area contributed by atoms with Crippen LogP contribution in [0, 0.1) is 18.8 Å². The second-order valence-electron chi connectivity index (χ2n) is 7.45. The van der Waals surface area contributed by atoms with Crippen LogP contribution in [0.1, 0.15) is 11.1 Å². The van der Waals surface area contributed by atoms with Crippen molar-refractivity contribution in [2.24, 2.45) is 11.8 Å². The van der Waals surface area contributed by atoms with Gasteiger partial charge in [0.1, 0.15) is 0 Å². The van der Waals surface area contributed by atoms with Crippen molar-refractivity contribution in [1.29, 1.82) is 0 Å². The van der Waals surface area contributed by atoms with Gasteiger partial charge in [-0.2, -0.15) is 0 Å². The molecule has 0 unspecified atom stereocenters. The molecular weight excluding hydrogens is 286 g/mol.